The molecule has 0 saturated carbocycles. The van der Waals surface area contributed by atoms with Gasteiger partial charge in [-0.2, -0.15) is 0 Å². The SMILES string of the molecule is CC(C)C1=CC(F)=CC(C)C1F. The lowest BCUT2D eigenvalue weighted by molar-refractivity contribution is 0.293. The molecule has 1 aliphatic carbocycles. The summed E-state index contributed by atoms with van der Waals surface area (Å²) in [7, 11) is 0. The first-order valence-corrected chi connectivity index (χ1v) is 4.25. The molecule has 0 saturated heterocycles. The van der Waals surface area contributed by atoms with Crippen LogP contribution < -0.4 is 0 Å². The monoisotopic (exact) mass is 172 g/mol. The molecule has 0 heterocycles. The fraction of sp³-hybridized carbons (Fsp3) is 0.600. The Kier molecular flexibility index (Phi) is 2.65. The Hall–Kier alpha value is -0.660. The Morgan fingerprint density at radius 1 is 1.42 bits per heavy atom. The van der Waals surface area contributed by atoms with Crippen LogP contribution in [-0.2, 0) is 0 Å². The molecule has 68 valence electrons. The fourth-order valence-electron chi connectivity index (χ4n) is 1.41. The van der Waals surface area contributed by atoms with Crippen molar-refractivity contribution in [2.75, 3.05) is 0 Å². The third-order valence-electron chi connectivity index (χ3n) is 2.17. The summed E-state index contributed by atoms with van der Waals surface area (Å²) in [5, 5.41) is 0. The molecule has 0 radical (unpaired) electrons. The van der Waals surface area contributed by atoms with E-state index in [1.165, 1.54) is 12.2 Å². The molecule has 0 aliphatic heterocycles. The van der Waals surface area contributed by atoms with Gasteiger partial charge in [-0.05, 0) is 23.6 Å². The fourth-order valence-corrected chi connectivity index (χ4v) is 1.41. The molecule has 2 heteroatoms. The van der Waals surface area contributed by atoms with Crippen LogP contribution in [0.4, 0.5) is 8.78 Å². The van der Waals surface area contributed by atoms with Gasteiger partial charge in [0.2, 0.25) is 0 Å². The highest BCUT2D eigenvalue weighted by Gasteiger charge is 2.25. The zero-order valence-corrected chi connectivity index (χ0v) is 7.64. The molecule has 1 aliphatic rings. The smallest absolute Gasteiger partial charge is 0.128 e. The van der Waals surface area contributed by atoms with Gasteiger partial charge in [0, 0.05) is 5.92 Å². The van der Waals surface area contributed by atoms with Crippen molar-refractivity contribution in [3.8, 4) is 0 Å². The van der Waals surface area contributed by atoms with Gasteiger partial charge >= 0.3 is 0 Å². The molecule has 0 fully saturated rings. The van der Waals surface area contributed by atoms with Crippen LogP contribution in [0.2, 0.25) is 0 Å². The number of hydrogen-bond donors (Lipinski definition) is 0. The van der Waals surface area contributed by atoms with E-state index in [2.05, 4.69) is 0 Å². The van der Waals surface area contributed by atoms with E-state index in [9.17, 15) is 8.78 Å². The molecule has 0 amide bonds. The van der Waals surface area contributed by atoms with Crippen molar-refractivity contribution in [3.05, 3.63) is 23.6 Å². The van der Waals surface area contributed by atoms with E-state index in [0.29, 0.717) is 5.57 Å². The minimum atomic E-state index is -1.01. The Morgan fingerprint density at radius 2 is 2.00 bits per heavy atom. The molecule has 1 rings (SSSR count). The van der Waals surface area contributed by atoms with Gasteiger partial charge in [0.15, 0.2) is 0 Å². The number of halogens is 2. The van der Waals surface area contributed by atoms with Gasteiger partial charge < -0.3 is 0 Å². The average Bonchev–Trinajstić information content (AvgIpc) is 1.96. The lowest BCUT2D eigenvalue weighted by Gasteiger charge is -2.23. The highest BCUT2D eigenvalue weighted by atomic mass is 19.1. The molecule has 0 aromatic carbocycles. The van der Waals surface area contributed by atoms with Crippen LogP contribution >= 0.6 is 0 Å². The van der Waals surface area contributed by atoms with Crippen molar-refractivity contribution < 1.29 is 8.78 Å². The van der Waals surface area contributed by atoms with Crippen LogP contribution in [0.15, 0.2) is 23.6 Å². The summed E-state index contributed by atoms with van der Waals surface area (Å²) >= 11 is 0. The van der Waals surface area contributed by atoms with Gasteiger partial charge in [0.05, 0.1) is 0 Å². The van der Waals surface area contributed by atoms with E-state index in [1.807, 2.05) is 13.8 Å². The summed E-state index contributed by atoms with van der Waals surface area (Å²) in [6.07, 6.45) is 1.63. The second-order valence-electron chi connectivity index (χ2n) is 3.61. The number of allylic oxidation sites excluding steroid dienone is 4. The van der Waals surface area contributed by atoms with Crippen LogP contribution in [0.5, 0.6) is 0 Å². The van der Waals surface area contributed by atoms with Crippen LogP contribution in [0.25, 0.3) is 0 Å². The quantitative estimate of drug-likeness (QED) is 0.568. The predicted molar refractivity (Wildman–Crippen MR) is 46.2 cm³/mol. The maximum Gasteiger partial charge on any atom is 0.128 e. The van der Waals surface area contributed by atoms with Gasteiger partial charge in [0.1, 0.15) is 12.0 Å². The van der Waals surface area contributed by atoms with Crippen molar-refractivity contribution in [2.24, 2.45) is 11.8 Å². The van der Waals surface area contributed by atoms with E-state index < -0.39 is 6.17 Å². The predicted octanol–water partition coefficient (Wildman–Crippen LogP) is 3.41. The van der Waals surface area contributed by atoms with Crippen LogP contribution in [0, 0.1) is 11.8 Å². The minimum absolute atomic E-state index is 0.0851. The summed E-state index contributed by atoms with van der Waals surface area (Å²) in [5.41, 5.74) is 0.572. The summed E-state index contributed by atoms with van der Waals surface area (Å²) in [5.74, 6) is -0.547. The van der Waals surface area contributed by atoms with Crippen molar-refractivity contribution in [3.63, 3.8) is 0 Å². The van der Waals surface area contributed by atoms with Crippen molar-refractivity contribution in [1.82, 2.24) is 0 Å². The molecule has 0 aromatic heterocycles. The number of alkyl halides is 1. The van der Waals surface area contributed by atoms with Gasteiger partial charge in [-0.3, -0.25) is 0 Å². The van der Waals surface area contributed by atoms with E-state index in [1.54, 1.807) is 6.92 Å². The summed E-state index contributed by atoms with van der Waals surface area (Å²) in [6, 6.07) is 0. The van der Waals surface area contributed by atoms with E-state index in [-0.39, 0.29) is 17.7 Å². The second kappa shape index (κ2) is 3.38. The highest BCUT2D eigenvalue weighted by molar-refractivity contribution is 5.29. The first kappa shape index (κ1) is 9.43. The molecule has 0 aromatic rings. The molecule has 2 atom stereocenters. The summed E-state index contributed by atoms with van der Waals surface area (Å²) < 4.78 is 26.2. The molecule has 2 unspecified atom stereocenters. The van der Waals surface area contributed by atoms with E-state index >= 15 is 0 Å². The largest absolute Gasteiger partial charge is 0.242 e. The van der Waals surface area contributed by atoms with Crippen LogP contribution in [-0.4, -0.2) is 6.17 Å². The molecule has 0 nitrogen and oxygen atoms in total. The maximum atomic E-state index is 13.4. The zero-order chi connectivity index (χ0) is 9.30. The van der Waals surface area contributed by atoms with Gasteiger partial charge in [-0.15, -0.1) is 0 Å². The van der Waals surface area contributed by atoms with Crippen molar-refractivity contribution in [1.29, 1.82) is 0 Å². The Labute approximate surface area is 72.0 Å². The lowest BCUT2D eigenvalue weighted by atomic mass is 9.87. The second-order valence-corrected chi connectivity index (χ2v) is 3.61. The molecular formula is C10H14F2. The molecule has 12 heavy (non-hydrogen) atoms. The number of rotatable bonds is 1. The van der Waals surface area contributed by atoms with Crippen molar-refractivity contribution >= 4 is 0 Å². The van der Waals surface area contributed by atoms with E-state index in [4.69, 9.17) is 0 Å². The minimum Gasteiger partial charge on any atom is -0.242 e. The third-order valence-corrected chi connectivity index (χ3v) is 2.17. The Balaban J connectivity index is 2.91. The van der Waals surface area contributed by atoms with E-state index in [0.717, 1.165) is 0 Å². The standard InChI is InChI=1S/C10H14F2/c1-6(2)9-5-8(11)4-7(3)10(9)12/h4-7,10H,1-3H3. The van der Waals surface area contributed by atoms with Crippen LogP contribution in [0.1, 0.15) is 20.8 Å². The third kappa shape index (κ3) is 1.74. The average molecular weight is 172 g/mol. The lowest BCUT2D eigenvalue weighted by Crippen LogP contribution is -2.20. The molecule has 0 spiro atoms. The van der Waals surface area contributed by atoms with Crippen molar-refractivity contribution in [2.45, 2.75) is 26.9 Å². The van der Waals surface area contributed by atoms with Gasteiger partial charge in [-0.25, -0.2) is 8.78 Å². The van der Waals surface area contributed by atoms with Gasteiger partial charge in [0.25, 0.3) is 0 Å². The first-order chi connectivity index (χ1) is 5.52. The topological polar surface area (TPSA) is 0 Å². The van der Waals surface area contributed by atoms with Gasteiger partial charge in [-0.1, -0.05) is 20.8 Å². The maximum absolute atomic E-state index is 13.4. The molecular weight excluding hydrogens is 158 g/mol. The van der Waals surface area contributed by atoms with Crippen LogP contribution in [0.3, 0.4) is 0 Å². The zero-order valence-electron chi connectivity index (χ0n) is 7.64. The first-order valence-electron chi connectivity index (χ1n) is 4.25. The summed E-state index contributed by atoms with van der Waals surface area (Å²) in [4.78, 5) is 0. The molecule has 0 bridgehead atoms. The molecule has 0 N–H and O–H groups in total. The Morgan fingerprint density at radius 3 is 2.50 bits per heavy atom. The summed E-state index contributed by atoms with van der Waals surface area (Å²) in [6.45, 7) is 5.45. The highest BCUT2D eigenvalue weighted by Crippen LogP contribution is 2.30. The normalized spacial score (nSPS) is 30.2. The Bertz CT molecular complexity index is 226. The number of hydrogen-bond acceptors (Lipinski definition) is 0.